The van der Waals surface area contributed by atoms with Gasteiger partial charge in [-0.2, -0.15) is 9.97 Å². The van der Waals surface area contributed by atoms with Gasteiger partial charge in [-0.1, -0.05) is 12.0 Å². The van der Waals surface area contributed by atoms with Gasteiger partial charge in [-0.05, 0) is 74.6 Å². The average molecular weight is 586 g/mol. The Hall–Kier alpha value is -3.48. The highest BCUT2D eigenvalue weighted by Crippen LogP contribution is 2.43. The largest absolute Gasteiger partial charge is 0.508 e. The summed E-state index contributed by atoms with van der Waals surface area (Å²) in [4.78, 5) is 14.4. The molecular weight excluding hydrogens is 548 g/mol. The molecule has 0 amide bonds. The summed E-state index contributed by atoms with van der Waals surface area (Å²) in [6.45, 7) is 2.89. The standard InChI is InChI=1S/C34H37F2N5O2/c1-2-26-28(36)7-4-20-14-25(42)15-30(31(20)26)40-11-8-27-29(18-40)38-33(39-32(27)21-12-23-5-6-24(13-21)37-23)43-19-34-9-3-10-41(34)17-22(35)16-34/h1,4,7,14-15,21-24,37,42H,3,5-6,8-13,16-19H2/t21-,22-,23-,24+,34+/m1/s1. The van der Waals surface area contributed by atoms with E-state index in [0.29, 0.717) is 73.1 Å². The quantitative estimate of drug-likeness (QED) is 0.410. The summed E-state index contributed by atoms with van der Waals surface area (Å²) >= 11 is 0. The van der Waals surface area contributed by atoms with Gasteiger partial charge in [0.2, 0.25) is 0 Å². The van der Waals surface area contributed by atoms with Crippen LogP contribution < -0.4 is 15.0 Å². The van der Waals surface area contributed by atoms with E-state index in [9.17, 15) is 13.9 Å². The molecule has 8 rings (SSSR count). The minimum absolute atomic E-state index is 0.101. The fraction of sp³-hybridized carbons (Fsp3) is 0.529. The third-order valence-electron chi connectivity index (χ3n) is 10.7. The number of nitrogens with zero attached hydrogens (tertiary/aromatic N) is 4. The Balaban J connectivity index is 1.17. The van der Waals surface area contributed by atoms with Crippen molar-refractivity contribution >= 4 is 16.5 Å². The Kier molecular flexibility index (Phi) is 6.50. The Labute approximate surface area is 250 Å². The molecular formula is C34H37F2N5O2. The SMILES string of the molecule is C#Cc1c(F)ccc2cc(O)cc(N3CCc4c(nc(OC[C@@]56CCCN5C[C@H](F)C6)nc4[C@@H]4C[C@H]5CC[C@@H](C4)N5)C3)c12. The average Bonchev–Trinajstić information content (AvgIpc) is 3.65. The van der Waals surface area contributed by atoms with Crippen molar-refractivity contribution in [2.75, 3.05) is 31.1 Å². The van der Waals surface area contributed by atoms with Crippen molar-refractivity contribution in [2.45, 2.75) is 87.6 Å². The third kappa shape index (κ3) is 4.61. The summed E-state index contributed by atoms with van der Waals surface area (Å²) in [6.07, 6.45) is 12.6. The molecule has 4 saturated heterocycles. The number of benzene rings is 2. The fourth-order valence-corrected chi connectivity index (χ4v) is 8.77. The van der Waals surface area contributed by atoms with Crippen LogP contribution in [0.1, 0.15) is 73.4 Å². The van der Waals surface area contributed by atoms with E-state index in [1.807, 2.05) is 0 Å². The van der Waals surface area contributed by atoms with Crippen LogP contribution in [-0.4, -0.2) is 70.0 Å². The lowest BCUT2D eigenvalue weighted by Crippen LogP contribution is -2.43. The molecule has 1 aromatic heterocycles. The van der Waals surface area contributed by atoms with Crippen LogP contribution in [-0.2, 0) is 13.0 Å². The highest BCUT2D eigenvalue weighted by molar-refractivity contribution is 6.00. The predicted octanol–water partition coefficient (Wildman–Crippen LogP) is 4.97. The molecule has 2 aromatic carbocycles. The van der Waals surface area contributed by atoms with Crippen molar-refractivity contribution in [3.63, 3.8) is 0 Å². The molecule has 2 bridgehead atoms. The smallest absolute Gasteiger partial charge is 0.316 e. The van der Waals surface area contributed by atoms with Crippen molar-refractivity contribution in [3.8, 4) is 24.1 Å². The van der Waals surface area contributed by atoms with E-state index in [-0.39, 0.29) is 16.9 Å². The monoisotopic (exact) mass is 585 g/mol. The van der Waals surface area contributed by atoms with Crippen LogP contribution >= 0.6 is 0 Å². The molecule has 3 aromatic rings. The van der Waals surface area contributed by atoms with E-state index >= 15 is 0 Å². The van der Waals surface area contributed by atoms with Crippen molar-refractivity contribution in [2.24, 2.45) is 0 Å². The van der Waals surface area contributed by atoms with Crippen molar-refractivity contribution in [1.82, 2.24) is 20.2 Å². The number of alkyl halides is 1. The van der Waals surface area contributed by atoms with Crippen LogP contribution in [0.4, 0.5) is 14.5 Å². The molecule has 5 atom stereocenters. The maximum Gasteiger partial charge on any atom is 0.316 e. The number of phenols is 1. The number of halogens is 2. The zero-order valence-corrected chi connectivity index (χ0v) is 24.3. The van der Waals surface area contributed by atoms with Crippen molar-refractivity contribution in [1.29, 1.82) is 0 Å². The van der Waals surface area contributed by atoms with Gasteiger partial charge in [0, 0.05) is 54.7 Å². The topological polar surface area (TPSA) is 73.8 Å². The van der Waals surface area contributed by atoms with Gasteiger partial charge in [0.05, 0.1) is 29.0 Å². The van der Waals surface area contributed by atoms with E-state index in [1.54, 1.807) is 18.2 Å². The van der Waals surface area contributed by atoms with E-state index in [1.165, 1.54) is 24.5 Å². The van der Waals surface area contributed by atoms with Crippen LogP contribution in [0.2, 0.25) is 0 Å². The van der Waals surface area contributed by atoms with Crippen LogP contribution in [0, 0.1) is 18.2 Å². The molecule has 4 fully saturated rings. The summed E-state index contributed by atoms with van der Waals surface area (Å²) in [6, 6.07) is 7.68. The number of ether oxygens (including phenoxy) is 1. The maximum absolute atomic E-state index is 14.8. The molecule has 0 radical (unpaired) electrons. The lowest BCUT2D eigenvalue weighted by molar-refractivity contribution is 0.106. The summed E-state index contributed by atoms with van der Waals surface area (Å²) in [7, 11) is 0. The van der Waals surface area contributed by atoms with Crippen molar-refractivity contribution < 1.29 is 18.6 Å². The van der Waals surface area contributed by atoms with Gasteiger partial charge in [-0.3, -0.25) is 4.90 Å². The number of phenolic OH excluding ortho intramolecular Hbond substituents is 1. The van der Waals surface area contributed by atoms with Gasteiger partial charge >= 0.3 is 6.01 Å². The number of nitrogens with one attached hydrogen (secondary N) is 1. The Morgan fingerprint density at radius 2 is 2.00 bits per heavy atom. The first-order valence-electron chi connectivity index (χ1n) is 15.7. The maximum atomic E-state index is 14.8. The third-order valence-corrected chi connectivity index (χ3v) is 10.7. The van der Waals surface area contributed by atoms with Crippen LogP contribution in [0.15, 0.2) is 24.3 Å². The van der Waals surface area contributed by atoms with Gasteiger partial charge in [-0.25, -0.2) is 8.78 Å². The lowest BCUT2D eigenvalue weighted by Gasteiger charge is -2.35. The molecule has 6 heterocycles. The van der Waals surface area contributed by atoms with Gasteiger partial charge < -0.3 is 20.1 Å². The van der Waals surface area contributed by atoms with Gasteiger partial charge in [0.1, 0.15) is 24.3 Å². The summed E-state index contributed by atoms with van der Waals surface area (Å²) in [5.74, 6) is 2.50. The molecule has 9 heteroatoms. The molecule has 5 aliphatic heterocycles. The molecule has 7 nitrogen and oxygen atoms in total. The minimum Gasteiger partial charge on any atom is -0.508 e. The first kappa shape index (κ1) is 27.1. The normalized spacial score (nSPS) is 29.9. The van der Waals surface area contributed by atoms with Crippen LogP contribution in [0.5, 0.6) is 11.8 Å². The zero-order chi connectivity index (χ0) is 29.3. The number of hydrogen-bond donors (Lipinski definition) is 2. The Morgan fingerprint density at radius 1 is 1.16 bits per heavy atom. The summed E-state index contributed by atoms with van der Waals surface area (Å²) in [5.41, 5.74) is 3.75. The zero-order valence-electron chi connectivity index (χ0n) is 24.3. The molecule has 0 unspecified atom stereocenters. The highest BCUT2D eigenvalue weighted by Gasteiger charge is 2.49. The molecule has 2 N–H and O–H groups in total. The first-order valence-corrected chi connectivity index (χ1v) is 15.7. The van der Waals surface area contributed by atoms with Crippen LogP contribution in [0.3, 0.4) is 0 Å². The number of piperidine rings is 1. The van der Waals surface area contributed by atoms with E-state index < -0.39 is 12.0 Å². The van der Waals surface area contributed by atoms with Gasteiger partial charge in [-0.15, -0.1) is 6.42 Å². The van der Waals surface area contributed by atoms with Gasteiger partial charge in [0.15, 0.2) is 0 Å². The van der Waals surface area contributed by atoms with Crippen molar-refractivity contribution in [3.05, 3.63) is 52.6 Å². The van der Waals surface area contributed by atoms with Crippen LogP contribution in [0.25, 0.3) is 10.8 Å². The van der Waals surface area contributed by atoms with E-state index in [2.05, 4.69) is 21.0 Å². The van der Waals surface area contributed by atoms with Gasteiger partial charge in [0.25, 0.3) is 0 Å². The predicted molar refractivity (Wildman–Crippen MR) is 161 cm³/mol. The lowest BCUT2D eigenvalue weighted by atomic mass is 9.85. The van der Waals surface area contributed by atoms with E-state index in [0.717, 1.165) is 50.0 Å². The second-order valence-electron chi connectivity index (χ2n) is 13.3. The minimum atomic E-state index is -0.822. The number of aromatic nitrogens is 2. The Morgan fingerprint density at radius 3 is 2.81 bits per heavy atom. The number of aromatic hydroxyl groups is 1. The fourth-order valence-electron chi connectivity index (χ4n) is 8.77. The highest BCUT2D eigenvalue weighted by atomic mass is 19.1. The molecule has 43 heavy (non-hydrogen) atoms. The molecule has 0 spiro atoms. The molecule has 0 aliphatic carbocycles. The second kappa shape index (κ2) is 10.3. The molecule has 0 saturated carbocycles. The number of terminal acetylenes is 1. The molecule has 5 aliphatic rings. The second-order valence-corrected chi connectivity index (χ2v) is 13.3. The molecule has 224 valence electrons. The number of anilines is 1. The number of rotatable bonds is 5. The summed E-state index contributed by atoms with van der Waals surface area (Å²) in [5, 5.41) is 15.7. The number of hydrogen-bond acceptors (Lipinski definition) is 7. The van der Waals surface area contributed by atoms with E-state index in [4.69, 9.17) is 21.1 Å². The Bertz CT molecular complexity index is 1630. The summed E-state index contributed by atoms with van der Waals surface area (Å²) < 4.78 is 35.7. The number of fused-ring (bicyclic) bond motifs is 5. The first-order chi connectivity index (χ1) is 20.9.